The number of fused-ring (bicyclic) bond motifs is 4. The number of carbonyl (C=O) groups is 4. The van der Waals surface area contributed by atoms with Gasteiger partial charge in [-0.1, -0.05) is 18.2 Å². The number of pyridine rings is 1. The fraction of sp³-hybridized carbons (Fsp3) is 0.231. The van der Waals surface area contributed by atoms with E-state index in [0.29, 0.717) is 10.7 Å². The zero-order valence-corrected chi connectivity index (χ0v) is 29.0. The van der Waals surface area contributed by atoms with Crippen molar-refractivity contribution in [2.24, 2.45) is 11.7 Å². The van der Waals surface area contributed by atoms with Crippen molar-refractivity contribution in [2.45, 2.75) is 49.9 Å². The summed E-state index contributed by atoms with van der Waals surface area (Å²) in [6, 6.07) is 11.2. The van der Waals surface area contributed by atoms with E-state index < -0.39 is 107 Å². The molecule has 3 N–H and O–H groups in total. The van der Waals surface area contributed by atoms with E-state index in [4.69, 9.17) is 5.73 Å². The summed E-state index contributed by atoms with van der Waals surface area (Å²) in [5, 5.41) is 5.93. The van der Waals surface area contributed by atoms with Gasteiger partial charge in [-0.3, -0.25) is 28.8 Å². The number of imide groups is 1. The van der Waals surface area contributed by atoms with Gasteiger partial charge >= 0.3 is 6.18 Å². The van der Waals surface area contributed by atoms with Gasteiger partial charge in [-0.2, -0.15) is 27.1 Å². The summed E-state index contributed by atoms with van der Waals surface area (Å²) in [5.41, 5.74) is 1.25. The smallest absolute Gasteiger partial charge is 0.366 e. The molecule has 3 aliphatic rings. The van der Waals surface area contributed by atoms with Gasteiger partial charge in [-0.15, -0.1) is 0 Å². The Bertz CT molecular complexity index is 2500. The molecule has 1 fully saturated rings. The van der Waals surface area contributed by atoms with Gasteiger partial charge in [0.2, 0.25) is 5.91 Å². The minimum atomic E-state index is -5.12. The third-order valence-electron chi connectivity index (χ3n) is 10.5. The van der Waals surface area contributed by atoms with E-state index >= 15 is 8.78 Å². The van der Waals surface area contributed by atoms with E-state index in [-0.39, 0.29) is 52.0 Å². The van der Waals surface area contributed by atoms with Gasteiger partial charge in [0.25, 0.3) is 23.6 Å². The van der Waals surface area contributed by atoms with Gasteiger partial charge in [-0.05, 0) is 78.8 Å². The number of hydrogen-bond acceptors (Lipinski definition) is 6. The standard InChI is InChI=1S/C39H26F8N6O4/c40-19-9-17(10-20(41)13-19)11-29(50-30(54)16-52-34-31(33(51-52)39(45,46)47)24-6-7-27(24)38(34,43)44)32-25(18-5-8-28(42)26(12-18)35(48)55)14-21(15-49-32)53-36(56)22-3-1-2-4-23(22)37(53)57/h1-5,8-10,12-15,24,27,29H,6-7,11,16H2,(H2,48,55)(H,50,54). The number of hydrogen-bond donors (Lipinski definition) is 2. The van der Waals surface area contributed by atoms with Gasteiger partial charge in [0, 0.05) is 23.1 Å². The van der Waals surface area contributed by atoms with E-state index in [1.165, 1.54) is 24.3 Å². The Hall–Kier alpha value is -6.46. The van der Waals surface area contributed by atoms with Gasteiger partial charge in [0.1, 0.15) is 29.7 Å². The van der Waals surface area contributed by atoms with Crippen molar-refractivity contribution in [1.82, 2.24) is 20.1 Å². The van der Waals surface area contributed by atoms with Crippen molar-refractivity contribution in [1.29, 1.82) is 0 Å². The van der Waals surface area contributed by atoms with Gasteiger partial charge in [-0.25, -0.2) is 18.1 Å². The molecule has 8 rings (SSSR count). The summed E-state index contributed by atoms with van der Waals surface area (Å²) in [6.07, 6.45) is -4.49. The Morgan fingerprint density at radius 1 is 0.912 bits per heavy atom. The summed E-state index contributed by atoms with van der Waals surface area (Å²) in [4.78, 5) is 58.1. The van der Waals surface area contributed by atoms with Crippen molar-refractivity contribution in [2.75, 3.05) is 4.90 Å². The molecule has 10 nitrogen and oxygen atoms in total. The minimum Gasteiger partial charge on any atom is -0.366 e. The average Bonchev–Trinajstić information content (AvgIpc) is 3.66. The van der Waals surface area contributed by atoms with E-state index in [2.05, 4.69) is 15.4 Å². The highest BCUT2D eigenvalue weighted by atomic mass is 19.4. The molecule has 3 unspecified atom stereocenters. The molecular formula is C39H26F8N6O4. The molecule has 18 heteroatoms. The van der Waals surface area contributed by atoms with Crippen molar-refractivity contribution < 1.29 is 54.3 Å². The molecular weight excluding hydrogens is 768 g/mol. The van der Waals surface area contributed by atoms with Crippen molar-refractivity contribution >= 4 is 29.3 Å². The number of nitrogens with one attached hydrogen (secondary N) is 1. The molecule has 3 heterocycles. The topological polar surface area (TPSA) is 140 Å². The number of nitrogens with two attached hydrogens (primary N) is 1. The summed E-state index contributed by atoms with van der Waals surface area (Å²) in [5.74, 6) is -13.1. The Kier molecular flexibility index (Phi) is 8.77. The van der Waals surface area contributed by atoms with Crippen LogP contribution in [0.4, 0.5) is 40.8 Å². The average molecular weight is 795 g/mol. The second-order valence-electron chi connectivity index (χ2n) is 14.0. The SMILES string of the molecule is NC(=O)c1cc(-c2cc(N3C(=O)c4ccccc4C3=O)cnc2C(Cc2cc(F)cc(F)c2)NC(=O)Cn2nc(C(F)(F)F)c3c2C(F)(F)C2CCC32)ccc1F. The summed E-state index contributed by atoms with van der Waals surface area (Å²) in [7, 11) is 0. The maximum atomic E-state index is 15.5. The Morgan fingerprint density at radius 2 is 1.58 bits per heavy atom. The number of benzene rings is 3. The lowest BCUT2D eigenvalue weighted by Crippen LogP contribution is -2.36. The Morgan fingerprint density at radius 3 is 2.18 bits per heavy atom. The minimum absolute atomic E-state index is 0.00865. The van der Waals surface area contributed by atoms with Crippen LogP contribution < -0.4 is 16.0 Å². The van der Waals surface area contributed by atoms with Crippen LogP contribution in [0.15, 0.2) is 72.9 Å². The van der Waals surface area contributed by atoms with Crippen molar-refractivity contribution in [3.63, 3.8) is 0 Å². The van der Waals surface area contributed by atoms with Crippen LogP contribution in [0, 0.1) is 23.4 Å². The number of carbonyl (C=O) groups excluding carboxylic acids is 4. The first-order valence-electron chi connectivity index (χ1n) is 17.3. The number of primary amides is 1. The van der Waals surface area contributed by atoms with Gasteiger partial charge in [0.15, 0.2) is 5.69 Å². The van der Waals surface area contributed by atoms with E-state index in [9.17, 15) is 45.5 Å². The number of nitrogens with zero attached hydrogens (tertiary/aromatic N) is 4. The molecule has 2 aliphatic carbocycles. The fourth-order valence-corrected chi connectivity index (χ4v) is 7.91. The van der Waals surface area contributed by atoms with E-state index in [1.54, 1.807) is 12.1 Å². The molecule has 3 atom stereocenters. The van der Waals surface area contributed by atoms with Crippen LogP contribution in [0.25, 0.3) is 11.1 Å². The summed E-state index contributed by atoms with van der Waals surface area (Å²) < 4.78 is 117. The molecule has 3 aromatic carbocycles. The van der Waals surface area contributed by atoms with Crippen LogP contribution in [0.5, 0.6) is 0 Å². The molecule has 5 aromatic rings. The Balaban J connectivity index is 1.24. The first-order valence-corrected chi connectivity index (χ1v) is 17.3. The molecule has 0 radical (unpaired) electrons. The number of halogens is 8. The molecule has 2 aromatic heterocycles. The highest BCUT2D eigenvalue weighted by Crippen LogP contribution is 2.64. The van der Waals surface area contributed by atoms with Crippen LogP contribution in [0.3, 0.4) is 0 Å². The zero-order chi connectivity index (χ0) is 40.7. The molecule has 1 aliphatic heterocycles. The van der Waals surface area contributed by atoms with Crippen LogP contribution >= 0.6 is 0 Å². The molecule has 292 valence electrons. The number of aromatic nitrogens is 3. The first-order chi connectivity index (χ1) is 26.9. The Labute approximate surface area is 316 Å². The number of alkyl halides is 5. The number of amides is 4. The maximum absolute atomic E-state index is 15.5. The van der Waals surface area contributed by atoms with Crippen LogP contribution in [0.1, 0.15) is 84.1 Å². The van der Waals surface area contributed by atoms with Crippen molar-refractivity contribution in [3.8, 4) is 11.1 Å². The van der Waals surface area contributed by atoms with Gasteiger partial charge < -0.3 is 11.1 Å². The molecule has 57 heavy (non-hydrogen) atoms. The second-order valence-corrected chi connectivity index (χ2v) is 14.0. The predicted molar refractivity (Wildman–Crippen MR) is 183 cm³/mol. The molecule has 0 bridgehead atoms. The number of anilines is 1. The van der Waals surface area contributed by atoms with Crippen LogP contribution in [-0.2, 0) is 29.9 Å². The molecule has 4 amide bonds. The molecule has 0 saturated heterocycles. The zero-order valence-electron chi connectivity index (χ0n) is 29.0. The monoisotopic (exact) mass is 794 g/mol. The molecule has 0 spiro atoms. The predicted octanol–water partition coefficient (Wildman–Crippen LogP) is 6.98. The fourth-order valence-electron chi connectivity index (χ4n) is 7.91. The quantitative estimate of drug-likeness (QED) is 0.122. The largest absolute Gasteiger partial charge is 0.435 e. The normalized spacial score (nSPS) is 18.5. The first kappa shape index (κ1) is 37.5. The second kappa shape index (κ2) is 13.3. The highest BCUT2D eigenvalue weighted by Gasteiger charge is 2.63. The lowest BCUT2D eigenvalue weighted by molar-refractivity contribution is -0.144. The lowest BCUT2D eigenvalue weighted by Gasteiger charge is -2.34. The van der Waals surface area contributed by atoms with E-state index in [1.807, 2.05) is 0 Å². The van der Waals surface area contributed by atoms with E-state index in [0.717, 1.165) is 35.4 Å². The maximum Gasteiger partial charge on any atom is 0.435 e. The van der Waals surface area contributed by atoms with Crippen LogP contribution in [0.2, 0.25) is 0 Å². The van der Waals surface area contributed by atoms with Crippen molar-refractivity contribution in [3.05, 3.63) is 135 Å². The summed E-state index contributed by atoms with van der Waals surface area (Å²) >= 11 is 0. The third-order valence-corrected chi connectivity index (χ3v) is 10.5. The van der Waals surface area contributed by atoms with Crippen LogP contribution in [-0.4, -0.2) is 38.4 Å². The van der Waals surface area contributed by atoms with Gasteiger partial charge in [0.05, 0.1) is 40.3 Å². The summed E-state index contributed by atoms with van der Waals surface area (Å²) in [6.45, 7) is -1.15. The third kappa shape index (κ3) is 6.28. The highest BCUT2D eigenvalue weighted by molar-refractivity contribution is 6.34. The molecule has 1 saturated carbocycles. The lowest BCUT2D eigenvalue weighted by atomic mass is 9.73. The number of rotatable bonds is 9.